The van der Waals surface area contributed by atoms with Gasteiger partial charge in [-0.1, -0.05) is 44.2 Å². The summed E-state index contributed by atoms with van der Waals surface area (Å²) in [6.07, 6.45) is 2.06. The standard InChI is InChI=1S/C17H18NO4PS/c1-11(2)10-14-15(16-13(8-9-22-16)23(19,20)21)18-17(24-14)12-6-4-3-5-7-12/h3-9,11H,10H2,1-2H3,(H2,19,20,21). The zero-order valence-corrected chi connectivity index (χ0v) is 15.1. The highest BCUT2D eigenvalue weighted by atomic mass is 32.1. The summed E-state index contributed by atoms with van der Waals surface area (Å²) in [6, 6.07) is 11.1. The van der Waals surface area contributed by atoms with Gasteiger partial charge in [0.05, 0.1) is 6.26 Å². The maximum absolute atomic E-state index is 11.7. The molecule has 0 fully saturated rings. The number of furan rings is 1. The fourth-order valence-corrected chi connectivity index (χ4v) is 4.41. The van der Waals surface area contributed by atoms with Crippen LogP contribution in [-0.2, 0) is 11.0 Å². The van der Waals surface area contributed by atoms with Gasteiger partial charge < -0.3 is 14.2 Å². The lowest BCUT2D eigenvalue weighted by molar-refractivity contribution is 0.387. The normalized spacial score (nSPS) is 12.0. The molecule has 5 nitrogen and oxygen atoms in total. The van der Waals surface area contributed by atoms with Crippen molar-refractivity contribution >= 4 is 24.2 Å². The van der Waals surface area contributed by atoms with Crippen LogP contribution in [0, 0.1) is 5.92 Å². The van der Waals surface area contributed by atoms with Gasteiger partial charge in [-0.15, -0.1) is 11.3 Å². The number of rotatable bonds is 5. The summed E-state index contributed by atoms with van der Waals surface area (Å²) in [7, 11) is -4.42. The summed E-state index contributed by atoms with van der Waals surface area (Å²) in [6.45, 7) is 4.19. The Balaban J connectivity index is 2.15. The maximum Gasteiger partial charge on any atom is 0.360 e. The van der Waals surface area contributed by atoms with Crippen molar-refractivity contribution in [3.05, 3.63) is 47.5 Å². The predicted molar refractivity (Wildman–Crippen MR) is 95.5 cm³/mol. The molecule has 126 valence electrons. The van der Waals surface area contributed by atoms with E-state index in [1.165, 1.54) is 23.7 Å². The molecule has 0 radical (unpaired) electrons. The van der Waals surface area contributed by atoms with Crippen LogP contribution < -0.4 is 5.30 Å². The summed E-state index contributed by atoms with van der Waals surface area (Å²) in [5.74, 6) is 0.554. The van der Waals surface area contributed by atoms with Crippen molar-refractivity contribution in [2.24, 2.45) is 5.92 Å². The van der Waals surface area contributed by atoms with Crippen LogP contribution in [0.2, 0.25) is 0 Å². The Morgan fingerprint density at radius 2 is 1.92 bits per heavy atom. The van der Waals surface area contributed by atoms with Gasteiger partial charge in [0.2, 0.25) is 0 Å². The zero-order chi connectivity index (χ0) is 17.3. The molecule has 24 heavy (non-hydrogen) atoms. The summed E-state index contributed by atoms with van der Waals surface area (Å²) in [5, 5.41) is 0.701. The Hall–Kier alpha value is -1.72. The van der Waals surface area contributed by atoms with Gasteiger partial charge in [0.25, 0.3) is 0 Å². The molecule has 3 rings (SSSR count). The summed E-state index contributed by atoms with van der Waals surface area (Å²) >= 11 is 1.53. The molecule has 0 aliphatic rings. The number of hydrogen-bond donors (Lipinski definition) is 2. The molecule has 1 aromatic carbocycles. The molecule has 0 amide bonds. The van der Waals surface area contributed by atoms with Crippen molar-refractivity contribution in [3.8, 4) is 22.0 Å². The summed E-state index contributed by atoms with van der Waals surface area (Å²) in [5.41, 5.74) is 1.50. The molecule has 0 saturated carbocycles. The Labute approximate surface area is 144 Å². The second kappa shape index (κ2) is 6.65. The van der Waals surface area contributed by atoms with E-state index in [0.29, 0.717) is 11.6 Å². The molecule has 2 heterocycles. The van der Waals surface area contributed by atoms with Gasteiger partial charge >= 0.3 is 7.60 Å². The van der Waals surface area contributed by atoms with Gasteiger partial charge in [-0.25, -0.2) is 4.98 Å². The number of hydrogen-bond acceptors (Lipinski definition) is 4. The van der Waals surface area contributed by atoms with Crippen LogP contribution in [-0.4, -0.2) is 14.8 Å². The van der Waals surface area contributed by atoms with Crippen LogP contribution in [0.15, 0.2) is 47.1 Å². The second-order valence-electron chi connectivity index (χ2n) is 5.93. The number of thiazole rings is 1. The lowest BCUT2D eigenvalue weighted by atomic mass is 10.1. The van der Waals surface area contributed by atoms with Crippen LogP contribution in [0.3, 0.4) is 0 Å². The minimum Gasteiger partial charge on any atom is -0.462 e. The van der Waals surface area contributed by atoms with Crippen molar-refractivity contribution in [3.63, 3.8) is 0 Å². The largest absolute Gasteiger partial charge is 0.462 e. The lowest BCUT2D eigenvalue weighted by Crippen LogP contribution is -2.05. The highest BCUT2D eigenvalue weighted by molar-refractivity contribution is 7.60. The van der Waals surface area contributed by atoms with E-state index >= 15 is 0 Å². The molecule has 0 atom stereocenters. The fourth-order valence-electron chi connectivity index (χ4n) is 2.45. The van der Waals surface area contributed by atoms with Crippen LogP contribution >= 0.6 is 18.9 Å². The molecule has 0 unspecified atom stereocenters. The quantitative estimate of drug-likeness (QED) is 0.668. The van der Waals surface area contributed by atoms with E-state index in [1.807, 2.05) is 30.3 Å². The van der Waals surface area contributed by atoms with Crippen molar-refractivity contribution in [1.29, 1.82) is 0 Å². The first-order valence-corrected chi connectivity index (χ1v) is 9.98. The average Bonchev–Trinajstić information content (AvgIpc) is 3.13. The molecule has 0 saturated heterocycles. The molecular weight excluding hydrogens is 345 g/mol. The van der Waals surface area contributed by atoms with Crippen LogP contribution in [0.4, 0.5) is 0 Å². The minimum atomic E-state index is -4.42. The molecule has 0 aliphatic heterocycles. The highest BCUT2D eigenvalue weighted by Crippen LogP contribution is 2.41. The Kier molecular flexibility index (Phi) is 4.74. The molecule has 0 aliphatic carbocycles. The highest BCUT2D eigenvalue weighted by Gasteiger charge is 2.28. The van der Waals surface area contributed by atoms with Crippen molar-refractivity contribution in [1.82, 2.24) is 4.98 Å². The van der Waals surface area contributed by atoms with E-state index in [4.69, 9.17) is 4.42 Å². The van der Waals surface area contributed by atoms with Gasteiger partial charge in [0, 0.05) is 10.4 Å². The maximum atomic E-state index is 11.7. The molecule has 7 heteroatoms. The molecule has 0 spiro atoms. The lowest BCUT2D eigenvalue weighted by Gasteiger charge is -2.06. The third kappa shape index (κ3) is 3.52. The van der Waals surface area contributed by atoms with Crippen molar-refractivity contribution in [2.45, 2.75) is 20.3 Å². The molecule has 2 N–H and O–H groups in total. The Bertz CT molecular complexity index is 879. The van der Waals surface area contributed by atoms with Crippen LogP contribution in [0.5, 0.6) is 0 Å². The zero-order valence-electron chi connectivity index (χ0n) is 13.3. The third-order valence-corrected chi connectivity index (χ3v) is 5.59. The van der Waals surface area contributed by atoms with Crippen molar-refractivity contribution in [2.75, 3.05) is 0 Å². The van der Waals surface area contributed by atoms with Gasteiger partial charge in [-0.05, 0) is 18.4 Å². The van der Waals surface area contributed by atoms with E-state index < -0.39 is 7.60 Å². The molecule has 2 aromatic heterocycles. The molecule has 0 bridgehead atoms. The van der Waals surface area contributed by atoms with E-state index in [-0.39, 0.29) is 11.1 Å². The van der Waals surface area contributed by atoms with Crippen LogP contribution in [0.1, 0.15) is 18.7 Å². The molecule has 3 aromatic rings. The molecular formula is C17H18NO4PS. The first-order chi connectivity index (χ1) is 11.4. The fraction of sp³-hybridized carbons (Fsp3) is 0.235. The van der Waals surface area contributed by atoms with Crippen LogP contribution in [0.25, 0.3) is 22.0 Å². The summed E-state index contributed by atoms with van der Waals surface area (Å²) < 4.78 is 17.1. The van der Waals surface area contributed by atoms with Gasteiger partial charge in [-0.3, -0.25) is 4.57 Å². The summed E-state index contributed by atoms with van der Waals surface area (Å²) in [4.78, 5) is 24.7. The number of benzene rings is 1. The SMILES string of the molecule is CC(C)Cc1sc(-c2ccccc2)nc1-c1occc1P(=O)(O)O. The van der Waals surface area contributed by atoms with Gasteiger partial charge in [0.15, 0.2) is 5.76 Å². The van der Waals surface area contributed by atoms with E-state index in [2.05, 4.69) is 18.8 Å². The monoisotopic (exact) mass is 363 g/mol. The van der Waals surface area contributed by atoms with E-state index in [0.717, 1.165) is 21.9 Å². The van der Waals surface area contributed by atoms with Crippen molar-refractivity contribution < 1.29 is 18.8 Å². The van der Waals surface area contributed by atoms with E-state index in [1.54, 1.807) is 0 Å². The number of nitrogens with zero attached hydrogens (tertiary/aromatic N) is 1. The minimum absolute atomic E-state index is 0.114. The number of aromatic nitrogens is 1. The van der Waals surface area contributed by atoms with Gasteiger partial charge in [-0.2, -0.15) is 0 Å². The second-order valence-corrected chi connectivity index (χ2v) is 8.59. The average molecular weight is 363 g/mol. The first kappa shape index (κ1) is 17.1. The Morgan fingerprint density at radius 3 is 2.54 bits per heavy atom. The van der Waals surface area contributed by atoms with Gasteiger partial charge in [0.1, 0.15) is 16.0 Å². The predicted octanol–water partition coefficient (Wildman–Crippen LogP) is 4.07. The third-order valence-electron chi connectivity index (χ3n) is 3.49. The first-order valence-electron chi connectivity index (χ1n) is 7.55. The smallest absolute Gasteiger partial charge is 0.360 e. The topological polar surface area (TPSA) is 83.6 Å². The Morgan fingerprint density at radius 1 is 1.21 bits per heavy atom. The van der Waals surface area contributed by atoms with E-state index in [9.17, 15) is 14.4 Å².